The topological polar surface area (TPSA) is 75.4 Å². The summed E-state index contributed by atoms with van der Waals surface area (Å²) in [5, 5.41) is 8.86. The number of hydrogen-bond acceptors (Lipinski definition) is 5. The number of ether oxygens (including phenoxy) is 2. The third-order valence-corrected chi connectivity index (χ3v) is 6.02. The van der Waals surface area contributed by atoms with Crippen LogP contribution in [-0.4, -0.2) is 34.7 Å². The van der Waals surface area contributed by atoms with Crippen LogP contribution in [0.1, 0.15) is 56.9 Å². The van der Waals surface area contributed by atoms with Gasteiger partial charge >= 0.3 is 6.09 Å². The summed E-state index contributed by atoms with van der Waals surface area (Å²) in [5.74, 6) is -0.0383. The highest BCUT2D eigenvalue weighted by molar-refractivity contribution is 5.70. The van der Waals surface area contributed by atoms with Gasteiger partial charge in [-0.25, -0.2) is 14.2 Å². The Labute approximate surface area is 193 Å². The van der Waals surface area contributed by atoms with Crippen LogP contribution in [0, 0.1) is 22.6 Å². The van der Waals surface area contributed by atoms with Crippen molar-refractivity contribution in [2.45, 2.75) is 52.2 Å². The number of rotatable bonds is 4. The van der Waals surface area contributed by atoms with E-state index in [4.69, 9.17) is 14.7 Å². The monoisotopic (exact) mass is 449 g/mol. The lowest BCUT2D eigenvalue weighted by Gasteiger charge is -2.51. The average molecular weight is 450 g/mol. The van der Waals surface area contributed by atoms with Crippen molar-refractivity contribution in [3.8, 4) is 11.9 Å². The van der Waals surface area contributed by atoms with Crippen molar-refractivity contribution in [3.63, 3.8) is 0 Å². The Hall–Kier alpha value is -3.40. The van der Waals surface area contributed by atoms with Crippen molar-refractivity contribution in [2.24, 2.45) is 5.41 Å². The molecule has 0 saturated carbocycles. The van der Waals surface area contributed by atoms with Gasteiger partial charge in [-0.2, -0.15) is 5.26 Å². The molecule has 1 aromatic carbocycles. The molecule has 7 heteroatoms. The van der Waals surface area contributed by atoms with Crippen LogP contribution >= 0.6 is 0 Å². The summed E-state index contributed by atoms with van der Waals surface area (Å²) in [6.07, 6.45) is 4.73. The summed E-state index contributed by atoms with van der Waals surface area (Å²) >= 11 is 0. The molecule has 0 atom stereocenters. The summed E-state index contributed by atoms with van der Waals surface area (Å²) < 4.78 is 25.3. The maximum absolute atomic E-state index is 14.1. The van der Waals surface area contributed by atoms with E-state index < -0.39 is 11.4 Å². The number of amides is 1. The second-order valence-corrected chi connectivity index (χ2v) is 9.84. The fraction of sp³-hybridized carbons (Fsp3) is 0.423. The maximum Gasteiger partial charge on any atom is 0.410 e. The molecule has 2 aromatic rings. The van der Waals surface area contributed by atoms with Crippen molar-refractivity contribution < 1.29 is 18.7 Å². The largest absolute Gasteiger partial charge is 0.473 e. The molecule has 172 valence electrons. The number of carbonyl (C=O) groups is 1. The first-order valence-corrected chi connectivity index (χ1v) is 11.1. The fourth-order valence-electron chi connectivity index (χ4n) is 4.24. The second kappa shape index (κ2) is 8.86. The van der Waals surface area contributed by atoms with Gasteiger partial charge in [0.25, 0.3) is 0 Å². The van der Waals surface area contributed by atoms with Gasteiger partial charge in [-0.3, -0.25) is 0 Å². The minimum Gasteiger partial charge on any atom is -0.473 e. The van der Waals surface area contributed by atoms with Gasteiger partial charge in [-0.15, -0.1) is 0 Å². The summed E-state index contributed by atoms with van der Waals surface area (Å²) in [5.41, 5.74) is 2.31. The molecule has 4 rings (SSSR count). The van der Waals surface area contributed by atoms with E-state index in [9.17, 15) is 9.18 Å². The van der Waals surface area contributed by atoms with E-state index in [1.54, 1.807) is 23.1 Å². The third-order valence-electron chi connectivity index (χ3n) is 6.02. The first-order valence-electron chi connectivity index (χ1n) is 11.1. The Morgan fingerprint density at radius 1 is 1.27 bits per heavy atom. The van der Waals surface area contributed by atoms with Crippen LogP contribution in [0.5, 0.6) is 5.88 Å². The Morgan fingerprint density at radius 3 is 2.70 bits per heavy atom. The smallest absolute Gasteiger partial charge is 0.410 e. The molecule has 1 saturated heterocycles. The van der Waals surface area contributed by atoms with Gasteiger partial charge < -0.3 is 14.4 Å². The molecule has 0 unspecified atom stereocenters. The van der Waals surface area contributed by atoms with Crippen molar-refractivity contribution in [2.75, 3.05) is 13.1 Å². The van der Waals surface area contributed by atoms with E-state index in [1.165, 1.54) is 6.07 Å². The molecule has 2 heterocycles. The highest BCUT2D eigenvalue weighted by Gasteiger charge is 2.46. The van der Waals surface area contributed by atoms with E-state index in [0.29, 0.717) is 11.4 Å². The van der Waals surface area contributed by atoms with Crippen LogP contribution in [0.15, 0.2) is 42.5 Å². The molecule has 33 heavy (non-hydrogen) atoms. The molecule has 1 fully saturated rings. The molecule has 1 amide bonds. The number of allylic oxidation sites excluding steroid dienone is 2. The number of halogens is 1. The Balaban J connectivity index is 1.35. The van der Waals surface area contributed by atoms with Crippen molar-refractivity contribution in [3.05, 3.63) is 65.1 Å². The number of pyridine rings is 1. The molecule has 1 aliphatic heterocycles. The molecule has 0 radical (unpaired) electrons. The average Bonchev–Trinajstić information content (AvgIpc) is 2.75. The highest BCUT2D eigenvalue weighted by Crippen LogP contribution is 2.45. The molecule has 1 spiro atoms. The molecule has 1 aliphatic carbocycles. The Kier molecular flexibility index (Phi) is 6.11. The van der Waals surface area contributed by atoms with Crippen LogP contribution in [-0.2, 0) is 11.3 Å². The predicted octanol–water partition coefficient (Wildman–Crippen LogP) is 5.48. The van der Waals surface area contributed by atoms with Crippen molar-refractivity contribution in [1.29, 1.82) is 5.26 Å². The van der Waals surface area contributed by atoms with Crippen LogP contribution in [0.4, 0.5) is 9.18 Å². The minimum absolute atomic E-state index is 0.0383. The first kappa shape index (κ1) is 22.8. The van der Waals surface area contributed by atoms with Gasteiger partial charge in [0.15, 0.2) is 0 Å². The highest BCUT2D eigenvalue weighted by atomic mass is 19.1. The number of likely N-dealkylation sites (tertiary alicyclic amines) is 1. The normalized spacial score (nSPS) is 17.1. The summed E-state index contributed by atoms with van der Waals surface area (Å²) in [4.78, 5) is 18.6. The molecule has 6 nitrogen and oxygen atoms in total. The van der Waals surface area contributed by atoms with E-state index >= 15 is 0 Å². The lowest BCUT2D eigenvalue weighted by atomic mass is 9.69. The van der Waals surface area contributed by atoms with E-state index in [0.717, 1.165) is 43.6 Å². The Morgan fingerprint density at radius 2 is 2.06 bits per heavy atom. The maximum atomic E-state index is 14.1. The molecule has 1 aromatic heterocycles. The van der Waals surface area contributed by atoms with Gasteiger partial charge in [0.1, 0.15) is 18.0 Å². The van der Waals surface area contributed by atoms with Gasteiger partial charge in [-0.05, 0) is 63.8 Å². The molecule has 0 bridgehead atoms. The summed E-state index contributed by atoms with van der Waals surface area (Å²) in [7, 11) is 0. The van der Waals surface area contributed by atoms with E-state index in [2.05, 4.69) is 11.1 Å². The number of aromatic nitrogens is 1. The molecule has 0 N–H and O–H groups in total. The second-order valence-electron chi connectivity index (χ2n) is 9.84. The summed E-state index contributed by atoms with van der Waals surface area (Å²) in [6.45, 7) is 7.11. The Bertz CT molecular complexity index is 1120. The van der Waals surface area contributed by atoms with E-state index in [-0.39, 0.29) is 23.7 Å². The standard InChI is InChI=1S/C26H28FN3O3/c1-25(2,3)33-24(31)30-16-26(17-30)11-9-19(10-12-26)22-5-4-6-23(29-22)32-15-20-8-7-18(14-28)13-21(20)27/h4-9,13H,10-12,15-17H2,1-3H3. The van der Waals surface area contributed by atoms with Crippen molar-refractivity contribution >= 4 is 11.7 Å². The fourth-order valence-corrected chi connectivity index (χ4v) is 4.24. The lowest BCUT2D eigenvalue weighted by molar-refractivity contribution is -0.0371. The lowest BCUT2D eigenvalue weighted by Crippen LogP contribution is -2.59. The van der Waals surface area contributed by atoms with Gasteiger partial charge in [-0.1, -0.05) is 18.2 Å². The zero-order valence-electron chi connectivity index (χ0n) is 19.2. The van der Waals surface area contributed by atoms with Gasteiger partial charge in [0.05, 0.1) is 17.3 Å². The quantitative estimate of drug-likeness (QED) is 0.618. The number of carbonyl (C=O) groups excluding carboxylic acids is 1. The zero-order chi connectivity index (χ0) is 23.6. The number of nitriles is 1. The van der Waals surface area contributed by atoms with Crippen molar-refractivity contribution in [1.82, 2.24) is 9.88 Å². The number of hydrogen-bond donors (Lipinski definition) is 0. The van der Waals surface area contributed by atoms with Crippen LogP contribution in [0.3, 0.4) is 0 Å². The van der Waals surface area contributed by atoms with Crippen LogP contribution < -0.4 is 4.74 Å². The molecule has 2 aliphatic rings. The summed E-state index contributed by atoms with van der Waals surface area (Å²) in [6, 6.07) is 11.8. The van der Waals surface area contributed by atoms with Crippen LogP contribution in [0.25, 0.3) is 5.57 Å². The minimum atomic E-state index is -0.482. The number of nitrogens with zero attached hydrogens (tertiary/aromatic N) is 3. The van der Waals surface area contributed by atoms with E-state index in [1.807, 2.05) is 39.0 Å². The van der Waals surface area contributed by atoms with Crippen LogP contribution in [0.2, 0.25) is 0 Å². The molecular weight excluding hydrogens is 421 g/mol. The van der Waals surface area contributed by atoms with Gasteiger partial charge in [0.2, 0.25) is 5.88 Å². The number of benzene rings is 1. The molecular formula is C26H28FN3O3. The zero-order valence-corrected chi connectivity index (χ0v) is 19.2. The first-order chi connectivity index (χ1) is 15.7. The third kappa shape index (κ3) is 5.33. The SMILES string of the molecule is CC(C)(C)OC(=O)N1CC2(CC=C(c3cccc(OCc4ccc(C#N)cc4F)n3)CC2)C1. The predicted molar refractivity (Wildman–Crippen MR) is 122 cm³/mol. The van der Waals surface area contributed by atoms with Gasteiger partial charge in [0, 0.05) is 30.1 Å².